The van der Waals surface area contributed by atoms with E-state index in [-0.39, 0.29) is 0 Å². The monoisotopic (exact) mass is 237 g/mol. The van der Waals surface area contributed by atoms with Crippen molar-refractivity contribution < 1.29 is 0 Å². The van der Waals surface area contributed by atoms with Gasteiger partial charge in [0.2, 0.25) is 5.95 Å². The van der Waals surface area contributed by atoms with Crippen molar-refractivity contribution in [2.24, 2.45) is 7.05 Å². The predicted octanol–water partition coefficient (Wildman–Crippen LogP) is 3.97. The van der Waals surface area contributed by atoms with Crippen molar-refractivity contribution in [2.45, 2.75) is 58.3 Å². The summed E-state index contributed by atoms with van der Waals surface area (Å²) in [5, 5.41) is 3.36. The molecule has 1 heterocycles. The minimum atomic E-state index is 0.980. The number of anilines is 1. The van der Waals surface area contributed by atoms with Crippen LogP contribution in [0.15, 0.2) is 12.4 Å². The Morgan fingerprint density at radius 3 is 2.29 bits per heavy atom. The molecule has 0 radical (unpaired) electrons. The Hall–Kier alpha value is -0.990. The van der Waals surface area contributed by atoms with Gasteiger partial charge in [-0.1, -0.05) is 51.9 Å². The summed E-state index contributed by atoms with van der Waals surface area (Å²) >= 11 is 0. The van der Waals surface area contributed by atoms with Crippen molar-refractivity contribution in [3.8, 4) is 0 Å². The normalized spacial score (nSPS) is 10.7. The molecule has 98 valence electrons. The molecule has 1 rings (SSSR count). The van der Waals surface area contributed by atoms with Crippen LogP contribution >= 0.6 is 0 Å². The van der Waals surface area contributed by atoms with Gasteiger partial charge in [0.05, 0.1) is 0 Å². The first-order valence-electron chi connectivity index (χ1n) is 7.05. The zero-order valence-corrected chi connectivity index (χ0v) is 11.4. The van der Waals surface area contributed by atoms with E-state index in [9.17, 15) is 0 Å². The fraction of sp³-hybridized carbons (Fsp3) is 0.786. The molecule has 0 unspecified atom stereocenters. The number of imidazole rings is 1. The lowest BCUT2D eigenvalue weighted by Crippen LogP contribution is -2.06. The van der Waals surface area contributed by atoms with Crippen LogP contribution in [-0.4, -0.2) is 16.1 Å². The van der Waals surface area contributed by atoms with Crippen LogP contribution in [0.1, 0.15) is 58.3 Å². The van der Waals surface area contributed by atoms with Gasteiger partial charge in [-0.2, -0.15) is 0 Å². The molecule has 17 heavy (non-hydrogen) atoms. The van der Waals surface area contributed by atoms with Gasteiger partial charge in [-0.25, -0.2) is 4.98 Å². The number of aryl methyl sites for hydroxylation is 1. The van der Waals surface area contributed by atoms with E-state index in [1.807, 2.05) is 24.0 Å². The fourth-order valence-corrected chi connectivity index (χ4v) is 2.00. The minimum Gasteiger partial charge on any atom is -0.356 e. The number of unbranched alkanes of at least 4 members (excludes halogenated alkanes) is 7. The molecule has 0 aliphatic heterocycles. The van der Waals surface area contributed by atoms with Crippen molar-refractivity contribution in [1.82, 2.24) is 9.55 Å². The van der Waals surface area contributed by atoms with Gasteiger partial charge in [-0.15, -0.1) is 0 Å². The summed E-state index contributed by atoms with van der Waals surface area (Å²) in [7, 11) is 2.02. The maximum atomic E-state index is 4.24. The molecule has 0 saturated carbocycles. The van der Waals surface area contributed by atoms with Crippen molar-refractivity contribution in [2.75, 3.05) is 11.9 Å². The molecule has 0 saturated heterocycles. The summed E-state index contributed by atoms with van der Waals surface area (Å²) in [6, 6.07) is 0. The van der Waals surface area contributed by atoms with Crippen LogP contribution in [0.5, 0.6) is 0 Å². The predicted molar refractivity (Wildman–Crippen MR) is 74.3 cm³/mol. The van der Waals surface area contributed by atoms with Crippen molar-refractivity contribution >= 4 is 5.95 Å². The standard InChI is InChI=1S/C14H27N3/c1-3-4-5-6-7-8-9-10-11-15-14-16-12-13-17(14)2/h12-13H,3-11H2,1-2H3,(H,15,16). The van der Waals surface area contributed by atoms with Gasteiger partial charge in [0, 0.05) is 26.0 Å². The summed E-state index contributed by atoms with van der Waals surface area (Å²) < 4.78 is 2.02. The molecule has 3 heteroatoms. The lowest BCUT2D eigenvalue weighted by Gasteiger charge is -2.05. The fourth-order valence-electron chi connectivity index (χ4n) is 2.00. The summed E-state index contributed by atoms with van der Waals surface area (Å²) in [6.07, 6.45) is 14.8. The second-order valence-corrected chi connectivity index (χ2v) is 4.76. The SMILES string of the molecule is CCCCCCCCCCNc1nccn1C. The van der Waals surface area contributed by atoms with E-state index in [0.29, 0.717) is 0 Å². The molecule has 3 nitrogen and oxygen atoms in total. The number of nitrogens with zero attached hydrogens (tertiary/aromatic N) is 2. The molecule has 0 aromatic carbocycles. The lowest BCUT2D eigenvalue weighted by molar-refractivity contribution is 0.580. The molecular weight excluding hydrogens is 210 g/mol. The van der Waals surface area contributed by atoms with Crippen molar-refractivity contribution in [3.05, 3.63) is 12.4 Å². The molecule has 0 aliphatic rings. The Balaban J connectivity index is 1.86. The Labute approximate surface area is 106 Å². The second kappa shape index (κ2) is 9.08. The highest BCUT2D eigenvalue weighted by atomic mass is 15.2. The first kappa shape index (κ1) is 14.1. The van der Waals surface area contributed by atoms with Gasteiger partial charge in [0.25, 0.3) is 0 Å². The van der Waals surface area contributed by atoms with Crippen LogP contribution in [0, 0.1) is 0 Å². The summed E-state index contributed by atoms with van der Waals surface area (Å²) in [6.45, 7) is 3.31. The zero-order valence-electron chi connectivity index (χ0n) is 11.4. The molecule has 0 atom stereocenters. The quantitative estimate of drug-likeness (QED) is 0.624. The van der Waals surface area contributed by atoms with Crippen LogP contribution in [0.3, 0.4) is 0 Å². The first-order chi connectivity index (χ1) is 8.34. The maximum Gasteiger partial charge on any atom is 0.202 e. The van der Waals surface area contributed by atoms with E-state index in [4.69, 9.17) is 0 Å². The third-order valence-corrected chi connectivity index (χ3v) is 3.13. The largest absolute Gasteiger partial charge is 0.356 e. The molecule has 1 aromatic rings. The Morgan fingerprint density at radius 1 is 1.06 bits per heavy atom. The Morgan fingerprint density at radius 2 is 1.71 bits per heavy atom. The van der Waals surface area contributed by atoms with Gasteiger partial charge in [-0.3, -0.25) is 0 Å². The summed E-state index contributed by atoms with van der Waals surface area (Å²) in [5.41, 5.74) is 0. The molecule has 0 amide bonds. The highest BCUT2D eigenvalue weighted by molar-refractivity contribution is 5.24. The molecule has 0 fully saturated rings. The molecule has 0 spiro atoms. The Kier molecular flexibility index (Phi) is 7.52. The second-order valence-electron chi connectivity index (χ2n) is 4.76. The van der Waals surface area contributed by atoms with Crippen LogP contribution in [0.4, 0.5) is 5.95 Å². The molecule has 0 aliphatic carbocycles. The third-order valence-electron chi connectivity index (χ3n) is 3.13. The van der Waals surface area contributed by atoms with Crippen LogP contribution in [0.25, 0.3) is 0 Å². The van der Waals surface area contributed by atoms with Gasteiger partial charge in [-0.05, 0) is 6.42 Å². The average molecular weight is 237 g/mol. The van der Waals surface area contributed by atoms with E-state index in [1.165, 1.54) is 51.4 Å². The highest BCUT2D eigenvalue weighted by Gasteiger charge is 1.96. The van der Waals surface area contributed by atoms with Gasteiger partial charge in [0.15, 0.2) is 0 Å². The topological polar surface area (TPSA) is 29.9 Å². The number of rotatable bonds is 10. The van der Waals surface area contributed by atoms with E-state index < -0.39 is 0 Å². The minimum absolute atomic E-state index is 0.980. The van der Waals surface area contributed by atoms with Gasteiger partial charge in [0.1, 0.15) is 0 Å². The number of nitrogens with one attached hydrogen (secondary N) is 1. The van der Waals surface area contributed by atoms with Crippen LogP contribution in [0.2, 0.25) is 0 Å². The van der Waals surface area contributed by atoms with Crippen LogP contribution < -0.4 is 5.32 Å². The number of aromatic nitrogens is 2. The van der Waals surface area contributed by atoms with E-state index >= 15 is 0 Å². The smallest absolute Gasteiger partial charge is 0.202 e. The van der Waals surface area contributed by atoms with Gasteiger partial charge < -0.3 is 9.88 Å². The number of hydrogen-bond acceptors (Lipinski definition) is 2. The summed E-state index contributed by atoms with van der Waals surface area (Å²) in [4.78, 5) is 4.24. The maximum absolute atomic E-state index is 4.24. The first-order valence-corrected chi connectivity index (χ1v) is 7.05. The van der Waals surface area contributed by atoms with E-state index in [1.54, 1.807) is 0 Å². The zero-order chi connectivity index (χ0) is 12.3. The molecule has 1 aromatic heterocycles. The molecule has 1 N–H and O–H groups in total. The molecule has 0 bridgehead atoms. The van der Waals surface area contributed by atoms with Gasteiger partial charge >= 0.3 is 0 Å². The third kappa shape index (κ3) is 6.35. The summed E-state index contributed by atoms with van der Waals surface area (Å²) in [5.74, 6) is 0.980. The van der Waals surface area contributed by atoms with E-state index in [0.717, 1.165) is 12.5 Å². The Bertz CT molecular complexity index is 281. The van der Waals surface area contributed by atoms with Crippen molar-refractivity contribution in [1.29, 1.82) is 0 Å². The average Bonchev–Trinajstić information content (AvgIpc) is 2.73. The molecular formula is C14H27N3. The van der Waals surface area contributed by atoms with E-state index in [2.05, 4.69) is 17.2 Å². The number of hydrogen-bond donors (Lipinski definition) is 1. The lowest BCUT2D eigenvalue weighted by atomic mass is 10.1. The van der Waals surface area contributed by atoms with Crippen LogP contribution in [-0.2, 0) is 7.05 Å². The highest BCUT2D eigenvalue weighted by Crippen LogP contribution is 2.08. The van der Waals surface area contributed by atoms with Crippen molar-refractivity contribution in [3.63, 3.8) is 0 Å².